The molecule has 100 valence electrons. The van der Waals surface area contributed by atoms with Gasteiger partial charge in [0.05, 0.1) is 8.07 Å². The fraction of sp³-hybridized carbons (Fsp3) is 0.312. The van der Waals surface area contributed by atoms with E-state index in [1.54, 1.807) is 6.20 Å². The van der Waals surface area contributed by atoms with Crippen LogP contribution in [0.1, 0.15) is 5.56 Å². The summed E-state index contributed by atoms with van der Waals surface area (Å²) in [6, 6.07) is 10.3. The quantitative estimate of drug-likeness (QED) is 0.585. The van der Waals surface area contributed by atoms with Crippen molar-refractivity contribution < 1.29 is 8.96 Å². The summed E-state index contributed by atoms with van der Waals surface area (Å²) in [5.74, 6) is -0.0843. The lowest BCUT2D eigenvalue weighted by Gasteiger charge is -2.17. The zero-order chi connectivity index (χ0) is 14.2. The van der Waals surface area contributed by atoms with Gasteiger partial charge in [-0.05, 0) is 23.7 Å². The van der Waals surface area contributed by atoms with Crippen LogP contribution < -0.4 is 9.75 Å². The van der Waals surface area contributed by atoms with Gasteiger partial charge in [-0.25, -0.2) is 4.39 Å². The van der Waals surface area contributed by atoms with Gasteiger partial charge >= 0.3 is 0 Å². The highest BCUT2D eigenvalue weighted by Gasteiger charge is 2.26. The highest BCUT2D eigenvalue weighted by Crippen LogP contribution is 2.20. The van der Waals surface area contributed by atoms with Gasteiger partial charge in [0.25, 0.3) is 0 Å². The maximum absolute atomic E-state index is 14.2. The molecule has 0 aliphatic heterocycles. The van der Waals surface area contributed by atoms with Crippen LogP contribution in [0.3, 0.4) is 0 Å². The molecule has 19 heavy (non-hydrogen) atoms. The predicted octanol–water partition coefficient (Wildman–Crippen LogP) is 3.17. The second-order valence-electron chi connectivity index (χ2n) is 6.10. The molecule has 0 aliphatic rings. The fourth-order valence-corrected chi connectivity index (χ4v) is 3.67. The Bertz CT molecular complexity index is 615. The Morgan fingerprint density at radius 1 is 1.11 bits per heavy atom. The molecule has 0 saturated carbocycles. The Hall–Kier alpha value is -1.48. The van der Waals surface area contributed by atoms with Gasteiger partial charge in [0.15, 0.2) is 5.82 Å². The van der Waals surface area contributed by atoms with E-state index in [1.807, 2.05) is 29.8 Å². The minimum atomic E-state index is -1.67. The lowest BCUT2D eigenvalue weighted by molar-refractivity contribution is -0.661. The fourth-order valence-electron chi connectivity index (χ4n) is 2.32. The third kappa shape index (κ3) is 2.76. The van der Waals surface area contributed by atoms with E-state index in [0.717, 1.165) is 10.9 Å². The molecule has 1 aromatic carbocycles. The number of benzene rings is 1. The first kappa shape index (κ1) is 13.9. The Labute approximate surface area is 115 Å². The number of rotatable bonds is 2. The van der Waals surface area contributed by atoms with Crippen LogP contribution in [0.4, 0.5) is 4.39 Å². The summed E-state index contributed by atoms with van der Waals surface area (Å²) in [6.45, 7) is 8.61. The zero-order valence-corrected chi connectivity index (χ0v) is 13.3. The molecule has 0 unspecified atom stereocenters. The van der Waals surface area contributed by atoms with Gasteiger partial charge in [0.1, 0.15) is 7.05 Å². The Balaban J connectivity index is 2.69. The van der Waals surface area contributed by atoms with Crippen LogP contribution >= 0.6 is 0 Å². The van der Waals surface area contributed by atoms with Gasteiger partial charge in [-0.15, -0.1) is 0 Å². The normalized spacial score (nSPS) is 11.7. The van der Waals surface area contributed by atoms with E-state index in [0.29, 0.717) is 0 Å². The summed E-state index contributed by atoms with van der Waals surface area (Å²) in [7, 11) is 0.231. The average molecular weight is 274 g/mol. The van der Waals surface area contributed by atoms with Crippen molar-refractivity contribution in [2.75, 3.05) is 0 Å². The standard InChI is InChI=1S/C16H21FNSi/c1-12-8-6-7-9-13(12)15-10-16(19(3,4)5)14(17)11-18(15)2/h6-11H,1-5H3/q+1. The van der Waals surface area contributed by atoms with Gasteiger partial charge in [0, 0.05) is 11.6 Å². The van der Waals surface area contributed by atoms with Crippen LogP contribution in [0.15, 0.2) is 36.5 Å². The summed E-state index contributed by atoms with van der Waals surface area (Å²) in [5.41, 5.74) is 3.47. The number of aromatic nitrogens is 1. The number of halogens is 1. The molecule has 1 nitrogen and oxygen atoms in total. The lowest BCUT2D eigenvalue weighted by Crippen LogP contribution is -2.44. The predicted molar refractivity (Wildman–Crippen MR) is 80.7 cm³/mol. The van der Waals surface area contributed by atoms with Crippen molar-refractivity contribution in [3.05, 3.63) is 47.9 Å². The summed E-state index contributed by atoms with van der Waals surface area (Å²) >= 11 is 0. The Morgan fingerprint density at radius 2 is 1.74 bits per heavy atom. The van der Waals surface area contributed by atoms with Gasteiger partial charge in [-0.2, -0.15) is 4.57 Å². The largest absolute Gasteiger partial charge is 0.212 e. The van der Waals surface area contributed by atoms with Gasteiger partial charge in [0.2, 0.25) is 11.9 Å². The summed E-state index contributed by atoms with van der Waals surface area (Å²) in [6.07, 6.45) is 1.61. The van der Waals surface area contributed by atoms with Crippen molar-refractivity contribution in [1.29, 1.82) is 0 Å². The van der Waals surface area contributed by atoms with Gasteiger partial charge < -0.3 is 0 Å². The number of hydrogen-bond donors (Lipinski definition) is 0. The van der Waals surface area contributed by atoms with Crippen LogP contribution in [0, 0.1) is 12.7 Å². The zero-order valence-electron chi connectivity index (χ0n) is 12.3. The first-order valence-corrected chi connectivity index (χ1v) is 10.1. The molecule has 0 fully saturated rings. The number of nitrogens with zero attached hydrogens (tertiary/aromatic N) is 1. The third-order valence-corrected chi connectivity index (χ3v) is 5.45. The Morgan fingerprint density at radius 3 is 2.32 bits per heavy atom. The van der Waals surface area contributed by atoms with Crippen molar-refractivity contribution in [2.45, 2.75) is 26.6 Å². The lowest BCUT2D eigenvalue weighted by atomic mass is 10.1. The van der Waals surface area contributed by atoms with E-state index in [4.69, 9.17) is 0 Å². The second-order valence-corrected chi connectivity index (χ2v) is 11.1. The molecule has 0 aliphatic carbocycles. The van der Waals surface area contributed by atoms with E-state index in [2.05, 4.69) is 38.7 Å². The molecular formula is C16H21FNSi+. The SMILES string of the molecule is Cc1ccccc1-c1cc([Si](C)(C)C)c(F)c[n+]1C. The molecule has 0 amide bonds. The van der Waals surface area contributed by atoms with Gasteiger partial charge in [-0.1, -0.05) is 37.8 Å². The first-order chi connectivity index (χ1) is 8.80. The average Bonchev–Trinajstić information content (AvgIpc) is 2.29. The van der Waals surface area contributed by atoms with Crippen LogP contribution in [0.2, 0.25) is 19.6 Å². The van der Waals surface area contributed by atoms with Crippen molar-refractivity contribution >= 4 is 13.3 Å². The molecule has 0 bridgehead atoms. The number of hydrogen-bond acceptors (Lipinski definition) is 0. The molecular weight excluding hydrogens is 253 g/mol. The molecule has 0 atom stereocenters. The van der Waals surface area contributed by atoms with Crippen LogP contribution in [0.5, 0.6) is 0 Å². The topological polar surface area (TPSA) is 3.88 Å². The van der Waals surface area contributed by atoms with Crippen LogP contribution in [-0.2, 0) is 7.05 Å². The van der Waals surface area contributed by atoms with E-state index >= 15 is 0 Å². The maximum Gasteiger partial charge on any atom is 0.212 e. The van der Waals surface area contributed by atoms with Crippen molar-refractivity contribution in [3.63, 3.8) is 0 Å². The molecule has 3 heteroatoms. The highest BCUT2D eigenvalue weighted by atomic mass is 28.3. The van der Waals surface area contributed by atoms with Crippen LogP contribution in [0.25, 0.3) is 11.3 Å². The molecule has 1 aromatic heterocycles. The molecule has 2 rings (SSSR count). The first-order valence-electron chi connectivity index (χ1n) is 6.56. The Kier molecular flexibility index (Phi) is 3.59. The van der Waals surface area contributed by atoms with Gasteiger partial charge in [-0.3, -0.25) is 0 Å². The summed E-state index contributed by atoms with van der Waals surface area (Å²) < 4.78 is 16.0. The third-order valence-electron chi connectivity index (χ3n) is 3.45. The molecule has 0 spiro atoms. The van der Waals surface area contributed by atoms with Crippen LogP contribution in [-0.4, -0.2) is 8.07 Å². The molecule has 2 aromatic rings. The minimum absolute atomic E-state index is 0.0843. The summed E-state index contributed by atoms with van der Waals surface area (Å²) in [5, 5.41) is 0.892. The minimum Gasteiger partial charge on any atom is -0.201 e. The van der Waals surface area contributed by atoms with E-state index in [9.17, 15) is 4.39 Å². The number of pyridine rings is 1. The van der Waals surface area contributed by atoms with Crippen molar-refractivity contribution in [3.8, 4) is 11.3 Å². The van der Waals surface area contributed by atoms with Crippen molar-refractivity contribution in [2.24, 2.45) is 7.05 Å². The number of aryl methyl sites for hydroxylation is 2. The molecule has 0 saturated heterocycles. The van der Waals surface area contributed by atoms with E-state index < -0.39 is 8.07 Å². The summed E-state index contributed by atoms with van der Waals surface area (Å²) in [4.78, 5) is 0. The second kappa shape index (κ2) is 4.89. The molecule has 1 heterocycles. The van der Waals surface area contributed by atoms with E-state index in [-0.39, 0.29) is 5.82 Å². The smallest absolute Gasteiger partial charge is 0.201 e. The van der Waals surface area contributed by atoms with E-state index in [1.165, 1.54) is 11.1 Å². The monoisotopic (exact) mass is 274 g/mol. The highest BCUT2D eigenvalue weighted by molar-refractivity contribution is 6.88. The maximum atomic E-state index is 14.2. The molecule has 0 N–H and O–H groups in total. The van der Waals surface area contributed by atoms with Crippen molar-refractivity contribution in [1.82, 2.24) is 0 Å². The molecule has 0 radical (unpaired) electrons.